The number of amides is 1. The summed E-state index contributed by atoms with van der Waals surface area (Å²) in [5.74, 6) is -0.531. The Balaban J connectivity index is 2.08. The van der Waals surface area contributed by atoms with Crippen molar-refractivity contribution in [3.8, 4) is 0 Å². The Morgan fingerprint density at radius 1 is 1.19 bits per heavy atom. The van der Waals surface area contributed by atoms with Gasteiger partial charge in [0.05, 0.1) is 25.9 Å². The summed E-state index contributed by atoms with van der Waals surface area (Å²) in [5.41, 5.74) is 0.410. The van der Waals surface area contributed by atoms with E-state index in [4.69, 9.17) is 18.9 Å². The van der Waals surface area contributed by atoms with E-state index in [1.165, 1.54) is 0 Å². The molecule has 1 aromatic carbocycles. The Morgan fingerprint density at radius 3 is 2.55 bits per heavy atom. The molecule has 174 valence electrons. The number of alkyl carbamates (subject to hydrolysis) is 1. The second-order valence-electron chi connectivity index (χ2n) is 9.02. The fourth-order valence-electron chi connectivity index (χ4n) is 3.51. The maximum absolute atomic E-state index is 12.7. The van der Waals surface area contributed by atoms with Crippen LogP contribution in [-0.4, -0.2) is 49.1 Å². The number of esters is 1. The average Bonchev–Trinajstić information content (AvgIpc) is 2.74. The van der Waals surface area contributed by atoms with Gasteiger partial charge in [0.15, 0.2) is 6.04 Å². The molecule has 7 nitrogen and oxygen atoms in total. The number of hydrogen-bond acceptors (Lipinski definition) is 6. The van der Waals surface area contributed by atoms with Gasteiger partial charge in [0.25, 0.3) is 0 Å². The van der Waals surface area contributed by atoms with Crippen molar-refractivity contribution in [1.29, 1.82) is 0 Å². The first-order valence-electron chi connectivity index (χ1n) is 11.1. The highest BCUT2D eigenvalue weighted by Crippen LogP contribution is 2.25. The van der Waals surface area contributed by atoms with Gasteiger partial charge < -0.3 is 24.3 Å². The molecule has 1 saturated heterocycles. The van der Waals surface area contributed by atoms with Gasteiger partial charge in [0.2, 0.25) is 0 Å². The third-order valence-electron chi connectivity index (χ3n) is 5.12. The number of rotatable bonds is 7. The molecule has 7 heteroatoms. The van der Waals surface area contributed by atoms with Crippen molar-refractivity contribution in [1.82, 2.24) is 5.32 Å². The number of carbonyl (C=O) groups is 2. The van der Waals surface area contributed by atoms with Crippen LogP contribution < -0.4 is 5.32 Å². The summed E-state index contributed by atoms with van der Waals surface area (Å²) in [7, 11) is 0. The summed E-state index contributed by atoms with van der Waals surface area (Å²) in [5, 5.41) is 2.57. The zero-order valence-electron chi connectivity index (χ0n) is 19.4. The molecule has 0 bridgehead atoms. The van der Waals surface area contributed by atoms with Gasteiger partial charge in [0, 0.05) is 5.92 Å². The molecule has 0 radical (unpaired) electrons. The van der Waals surface area contributed by atoms with E-state index < -0.39 is 23.7 Å². The molecule has 0 aromatic heterocycles. The zero-order chi connectivity index (χ0) is 22.9. The molecule has 31 heavy (non-hydrogen) atoms. The quantitative estimate of drug-likeness (QED) is 0.645. The molecule has 2 rings (SSSR count). The molecule has 1 N–H and O–H groups in total. The fraction of sp³-hybridized carbons (Fsp3) is 0.667. The van der Waals surface area contributed by atoms with Crippen molar-refractivity contribution in [2.24, 2.45) is 5.92 Å². The predicted octanol–water partition coefficient (Wildman–Crippen LogP) is 4.23. The fourth-order valence-corrected chi connectivity index (χ4v) is 3.51. The maximum Gasteiger partial charge on any atom is 0.408 e. The second kappa shape index (κ2) is 12.1. The summed E-state index contributed by atoms with van der Waals surface area (Å²) < 4.78 is 23.1. The highest BCUT2D eigenvalue weighted by Gasteiger charge is 2.35. The third kappa shape index (κ3) is 8.87. The first kappa shape index (κ1) is 25.1. The van der Waals surface area contributed by atoms with Gasteiger partial charge in [-0.25, -0.2) is 9.59 Å². The number of nitrogens with one attached hydrogen (secondary N) is 1. The van der Waals surface area contributed by atoms with Gasteiger partial charge in [0.1, 0.15) is 11.7 Å². The molecule has 1 amide bonds. The van der Waals surface area contributed by atoms with E-state index in [9.17, 15) is 9.59 Å². The number of unbranched alkanes of at least 4 members (excludes halogenated alkanes) is 1. The Hall–Kier alpha value is -2.12. The summed E-state index contributed by atoms with van der Waals surface area (Å²) >= 11 is 0. The van der Waals surface area contributed by atoms with Crippen molar-refractivity contribution in [2.75, 3.05) is 13.2 Å². The molecule has 0 spiro atoms. The molecule has 0 saturated carbocycles. The Bertz CT molecular complexity index is 687. The van der Waals surface area contributed by atoms with Crippen LogP contribution in [-0.2, 0) is 30.3 Å². The zero-order valence-corrected chi connectivity index (χ0v) is 19.4. The Kier molecular flexibility index (Phi) is 9.78. The van der Waals surface area contributed by atoms with Crippen LogP contribution in [0.15, 0.2) is 30.3 Å². The molecule has 1 fully saturated rings. The molecule has 0 aliphatic carbocycles. The number of benzene rings is 1. The van der Waals surface area contributed by atoms with E-state index in [1.807, 2.05) is 37.3 Å². The lowest BCUT2D eigenvalue weighted by molar-refractivity contribution is -0.156. The monoisotopic (exact) mass is 435 g/mol. The summed E-state index contributed by atoms with van der Waals surface area (Å²) in [4.78, 5) is 24.9. The van der Waals surface area contributed by atoms with Gasteiger partial charge in [-0.3, -0.25) is 0 Å². The molecular weight excluding hydrogens is 398 g/mol. The van der Waals surface area contributed by atoms with Crippen LogP contribution in [0.25, 0.3) is 0 Å². The smallest absolute Gasteiger partial charge is 0.408 e. The van der Waals surface area contributed by atoms with Crippen LogP contribution in [0.3, 0.4) is 0 Å². The van der Waals surface area contributed by atoms with Crippen LogP contribution in [0.4, 0.5) is 4.79 Å². The molecule has 1 aliphatic heterocycles. The van der Waals surface area contributed by atoms with E-state index >= 15 is 0 Å². The second-order valence-corrected chi connectivity index (χ2v) is 9.02. The topological polar surface area (TPSA) is 83.1 Å². The Labute approximate surface area is 185 Å². The van der Waals surface area contributed by atoms with E-state index in [0.29, 0.717) is 13.2 Å². The van der Waals surface area contributed by atoms with Crippen LogP contribution in [0.5, 0.6) is 0 Å². The lowest BCUT2D eigenvalue weighted by atomic mass is 9.91. The minimum absolute atomic E-state index is 0.00348. The summed E-state index contributed by atoms with van der Waals surface area (Å²) in [6.45, 7) is 10.1. The first-order chi connectivity index (χ1) is 14.7. The van der Waals surface area contributed by atoms with Crippen molar-refractivity contribution in [3.05, 3.63) is 35.9 Å². The first-order valence-corrected chi connectivity index (χ1v) is 11.1. The maximum atomic E-state index is 12.7. The standard InChI is InChI=1S/C24H37NO6/c1-6-7-13-19-17(2)30-22(26)20(25-23(27)31-24(3,4)5)15-28-16-21(19)29-14-18-11-9-8-10-12-18/h8-12,17,19-21H,6-7,13-16H2,1-5H3,(H,25,27). The average molecular weight is 436 g/mol. The lowest BCUT2D eigenvalue weighted by Crippen LogP contribution is -2.47. The minimum Gasteiger partial charge on any atom is -0.461 e. The van der Waals surface area contributed by atoms with E-state index in [1.54, 1.807) is 20.8 Å². The molecular formula is C24H37NO6. The van der Waals surface area contributed by atoms with Crippen LogP contribution in [0, 0.1) is 5.92 Å². The van der Waals surface area contributed by atoms with Crippen molar-refractivity contribution < 1.29 is 28.5 Å². The van der Waals surface area contributed by atoms with Crippen molar-refractivity contribution >= 4 is 12.1 Å². The van der Waals surface area contributed by atoms with E-state index in [0.717, 1.165) is 24.8 Å². The van der Waals surface area contributed by atoms with E-state index in [-0.39, 0.29) is 24.7 Å². The van der Waals surface area contributed by atoms with Gasteiger partial charge >= 0.3 is 12.1 Å². The number of ether oxygens (including phenoxy) is 4. The third-order valence-corrected chi connectivity index (χ3v) is 5.12. The SMILES string of the molecule is CCCCC1C(C)OC(=O)C(NC(=O)OC(C)(C)C)COCC1OCc1ccccc1. The highest BCUT2D eigenvalue weighted by atomic mass is 16.6. The number of carbonyl (C=O) groups excluding carboxylic acids is 2. The predicted molar refractivity (Wildman–Crippen MR) is 118 cm³/mol. The highest BCUT2D eigenvalue weighted by molar-refractivity contribution is 5.81. The summed E-state index contributed by atoms with van der Waals surface area (Å²) in [6, 6.07) is 9.02. The van der Waals surface area contributed by atoms with Crippen LogP contribution in [0.2, 0.25) is 0 Å². The normalized spacial score (nSPS) is 25.0. The molecule has 4 unspecified atom stereocenters. The van der Waals surface area contributed by atoms with Crippen molar-refractivity contribution in [2.45, 2.75) is 84.3 Å². The van der Waals surface area contributed by atoms with Crippen LogP contribution in [0.1, 0.15) is 59.4 Å². The number of cyclic esters (lactones) is 1. The van der Waals surface area contributed by atoms with Gasteiger partial charge in [-0.15, -0.1) is 0 Å². The number of hydrogen-bond donors (Lipinski definition) is 1. The van der Waals surface area contributed by atoms with Gasteiger partial charge in [-0.1, -0.05) is 50.1 Å². The van der Waals surface area contributed by atoms with Crippen molar-refractivity contribution in [3.63, 3.8) is 0 Å². The van der Waals surface area contributed by atoms with E-state index in [2.05, 4.69) is 12.2 Å². The van der Waals surface area contributed by atoms with Crippen LogP contribution >= 0.6 is 0 Å². The van der Waals surface area contributed by atoms with Gasteiger partial charge in [-0.2, -0.15) is 0 Å². The molecule has 1 aromatic rings. The Morgan fingerprint density at radius 2 is 1.90 bits per heavy atom. The summed E-state index contributed by atoms with van der Waals surface area (Å²) in [6.07, 6.45) is 1.62. The largest absolute Gasteiger partial charge is 0.461 e. The van der Waals surface area contributed by atoms with Gasteiger partial charge in [-0.05, 0) is 39.7 Å². The molecule has 4 atom stereocenters. The minimum atomic E-state index is -0.933. The molecule has 1 aliphatic rings. The molecule has 1 heterocycles. The lowest BCUT2D eigenvalue weighted by Gasteiger charge is -2.30.